The number of aromatic nitrogens is 2. The van der Waals surface area contributed by atoms with Crippen LogP contribution in [0.5, 0.6) is 0 Å². The van der Waals surface area contributed by atoms with Gasteiger partial charge in [-0.25, -0.2) is 0 Å². The van der Waals surface area contributed by atoms with E-state index in [-0.39, 0.29) is 12.5 Å². The Morgan fingerprint density at radius 1 is 1.00 bits per heavy atom. The lowest BCUT2D eigenvalue weighted by Gasteiger charge is -2.24. The molecule has 8 heteroatoms. The zero-order chi connectivity index (χ0) is 26.4. The van der Waals surface area contributed by atoms with Crippen LogP contribution in [0.4, 0.5) is 5.69 Å². The van der Waals surface area contributed by atoms with Crippen LogP contribution in [0.1, 0.15) is 30.9 Å². The molecule has 1 heterocycles. The zero-order valence-electron chi connectivity index (χ0n) is 20.9. The van der Waals surface area contributed by atoms with Gasteiger partial charge in [-0.15, -0.1) is 0 Å². The number of hydrogen-bond donors (Lipinski definition) is 1. The molecule has 0 saturated carbocycles. The van der Waals surface area contributed by atoms with E-state index in [0.29, 0.717) is 29.5 Å². The van der Waals surface area contributed by atoms with E-state index in [0.717, 1.165) is 22.3 Å². The van der Waals surface area contributed by atoms with Gasteiger partial charge in [0.25, 0.3) is 0 Å². The van der Waals surface area contributed by atoms with Crippen LogP contribution in [-0.4, -0.2) is 28.5 Å². The van der Waals surface area contributed by atoms with E-state index in [1.807, 2.05) is 74.5 Å². The van der Waals surface area contributed by atoms with E-state index >= 15 is 0 Å². The minimum absolute atomic E-state index is 0.157. The topological polar surface area (TPSA) is 112 Å². The third-order valence-corrected chi connectivity index (χ3v) is 5.68. The summed E-state index contributed by atoms with van der Waals surface area (Å²) in [7, 11) is 0. The van der Waals surface area contributed by atoms with Crippen LogP contribution in [0.3, 0.4) is 0 Å². The highest BCUT2D eigenvalue weighted by molar-refractivity contribution is 6.40. The van der Waals surface area contributed by atoms with Gasteiger partial charge < -0.3 is 14.7 Å². The van der Waals surface area contributed by atoms with E-state index in [1.165, 1.54) is 4.90 Å². The van der Waals surface area contributed by atoms with Crippen molar-refractivity contribution >= 4 is 17.5 Å². The van der Waals surface area contributed by atoms with Crippen LogP contribution in [-0.2, 0) is 16.1 Å². The largest absolute Gasteiger partial charge is 0.344 e. The standard InChI is InChI=1S/C29H27N5O3/c1-19(2)18-34(26-13-11-24(12-14-26)23-9-7-21(16-30)8-10-23)29(36)28(35)31-17-22-5-4-6-25(15-22)27-32-20(3)37-33-27/h4-15,19H,17-18H2,1-3H3,(H,31,35). The Kier molecular flexibility index (Phi) is 7.74. The number of benzene rings is 3. The fraction of sp³-hybridized carbons (Fsp3) is 0.207. The number of nitrogens with zero attached hydrogens (tertiary/aromatic N) is 4. The van der Waals surface area contributed by atoms with Gasteiger partial charge in [-0.05, 0) is 52.9 Å². The van der Waals surface area contributed by atoms with Gasteiger partial charge in [0.15, 0.2) is 0 Å². The molecule has 8 nitrogen and oxygen atoms in total. The molecule has 4 rings (SSSR count). The van der Waals surface area contributed by atoms with E-state index in [9.17, 15) is 9.59 Å². The van der Waals surface area contributed by atoms with Crippen molar-refractivity contribution in [3.05, 3.63) is 89.8 Å². The summed E-state index contributed by atoms with van der Waals surface area (Å²) in [5.41, 5.74) is 4.72. The molecule has 0 aliphatic carbocycles. The van der Waals surface area contributed by atoms with Gasteiger partial charge in [-0.1, -0.05) is 61.5 Å². The highest BCUT2D eigenvalue weighted by atomic mass is 16.5. The second-order valence-corrected chi connectivity index (χ2v) is 9.07. The molecule has 0 saturated heterocycles. The maximum Gasteiger partial charge on any atom is 0.316 e. The Morgan fingerprint density at radius 3 is 2.27 bits per heavy atom. The predicted molar refractivity (Wildman–Crippen MR) is 140 cm³/mol. The normalized spacial score (nSPS) is 10.7. The third-order valence-electron chi connectivity index (χ3n) is 5.68. The van der Waals surface area contributed by atoms with Crippen LogP contribution in [0.2, 0.25) is 0 Å². The monoisotopic (exact) mass is 493 g/mol. The van der Waals surface area contributed by atoms with Gasteiger partial charge in [-0.3, -0.25) is 9.59 Å². The van der Waals surface area contributed by atoms with Gasteiger partial charge >= 0.3 is 11.8 Å². The molecule has 37 heavy (non-hydrogen) atoms. The van der Waals surface area contributed by atoms with E-state index in [2.05, 4.69) is 21.5 Å². The molecule has 0 bridgehead atoms. The van der Waals surface area contributed by atoms with Crippen molar-refractivity contribution in [1.82, 2.24) is 15.5 Å². The van der Waals surface area contributed by atoms with Crippen molar-refractivity contribution in [1.29, 1.82) is 5.26 Å². The number of rotatable bonds is 7. The van der Waals surface area contributed by atoms with E-state index in [1.54, 1.807) is 19.1 Å². The smallest absolute Gasteiger partial charge is 0.316 e. The Morgan fingerprint density at radius 2 is 1.68 bits per heavy atom. The van der Waals surface area contributed by atoms with Crippen molar-refractivity contribution in [3.63, 3.8) is 0 Å². The number of anilines is 1. The van der Waals surface area contributed by atoms with Crippen LogP contribution in [0.15, 0.2) is 77.3 Å². The fourth-order valence-corrected chi connectivity index (χ4v) is 3.86. The van der Waals surface area contributed by atoms with Crippen molar-refractivity contribution in [2.75, 3.05) is 11.4 Å². The van der Waals surface area contributed by atoms with Gasteiger partial charge in [0.05, 0.1) is 11.6 Å². The summed E-state index contributed by atoms with van der Waals surface area (Å²) in [4.78, 5) is 31.7. The Bertz CT molecular complexity index is 1430. The summed E-state index contributed by atoms with van der Waals surface area (Å²) >= 11 is 0. The average Bonchev–Trinajstić information content (AvgIpc) is 3.36. The molecule has 0 unspecified atom stereocenters. The first-order valence-electron chi connectivity index (χ1n) is 11.9. The van der Waals surface area contributed by atoms with Gasteiger partial charge in [0, 0.05) is 31.3 Å². The lowest BCUT2D eigenvalue weighted by molar-refractivity contribution is -0.137. The van der Waals surface area contributed by atoms with Crippen molar-refractivity contribution in [2.24, 2.45) is 5.92 Å². The second-order valence-electron chi connectivity index (χ2n) is 9.07. The molecular formula is C29H27N5O3. The van der Waals surface area contributed by atoms with Crippen LogP contribution in [0, 0.1) is 24.2 Å². The number of nitrogens with one attached hydrogen (secondary N) is 1. The molecule has 0 fully saturated rings. The second kappa shape index (κ2) is 11.3. The summed E-state index contributed by atoms with van der Waals surface area (Å²) in [5.74, 6) is -0.212. The zero-order valence-corrected chi connectivity index (χ0v) is 20.9. The summed E-state index contributed by atoms with van der Waals surface area (Å²) < 4.78 is 5.04. The number of nitriles is 1. The lowest BCUT2D eigenvalue weighted by atomic mass is 10.0. The van der Waals surface area contributed by atoms with E-state index < -0.39 is 11.8 Å². The molecule has 0 aliphatic rings. The molecule has 0 spiro atoms. The van der Waals surface area contributed by atoms with Crippen LogP contribution in [0.25, 0.3) is 22.5 Å². The number of hydrogen-bond acceptors (Lipinski definition) is 6. The highest BCUT2D eigenvalue weighted by Gasteiger charge is 2.24. The maximum atomic E-state index is 13.2. The third kappa shape index (κ3) is 6.27. The molecule has 0 aliphatic heterocycles. The first-order chi connectivity index (χ1) is 17.8. The maximum absolute atomic E-state index is 13.2. The van der Waals surface area contributed by atoms with Crippen LogP contribution < -0.4 is 10.2 Å². The quantitative estimate of drug-likeness (QED) is 0.367. The predicted octanol–water partition coefficient (Wildman–Crippen LogP) is 4.89. The van der Waals surface area contributed by atoms with Crippen LogP contribution >= 0.6 is 0 Å². The van der Waals surface area contributed by atoms with Gasteiger partial charge in [0.1, 0.15) is 0 Å². The summed E-state index contributed by atoms with van der Waals surface area (Å²) in [6.45, 7) is 6.29. The van der Waals surface area contributed by atoms with Gasteiger partial charge in [-0.2, -0.15) is 10.2 Å². The lowest BCUT2D eigenvalue weighted by Crippen LogP contribution is -2.44. The first-order valence-corrected chi connectivity index (χ1v) is 11.9. The fourth-order valence-electron chi connectivity index (χ4n) is 3.86. The summed E-state index contributed by atoms with van der Waals surface area (Å²) in [5, 5.41) is 15.7. The Balaban J connectivity index is 1.46. The molecule has 3 aromatic carbocycles. The molecule has 186 valence electrons. The molecular weight excluding hydrogens is 466 g/mol. The summed E-state index contributed by atoms with van der Waals surface area (Å²) in [6.07, 6.45) is 0. The number of amides is 2. The molecule has 0 atom stereocenters. The van der Waals surface area contributed by atoms with Crippen molar-refractivity contribution in [2.45, 2.75) is 27.3 Å². The summed E-state index contributed by atoms with van der Waals surface area (Å²) in [6, 6.07) is 24.3. The molecule has 4 aromatic rings. The molecule has 1 aromatic heterocycles. The molecule has 2 amide bonds. The average molecular weight is 494 g/mol. The number of carbonyl (C=O) groups excluding carboxylic acids is 2. The Labute approximate surface area is 215 Å². The molecule has 1 N–H and O–H groups in total. The Hall–Kier alpha value is -4.77. The highest BCUT2D eigenvalue weighted by Crippen LogP contribution is 2.24. The van der Waals surface area contributed by atoms with Crippen molar-refractivity contribution < 1.29 is 14.1 Å². The minimum atomic E-state index is -0.683. The first kappa shape index (κ1) is 25.3. The van der Waals surface area contributed by atoms with E-state index in [4.69, 9.17) is 9.78 Å². The minimum Gasteiger partial charge on any atom is -0.344 e. The SMILES string of the molecule is Cc1nc(-c2cccc(CNC(=O)C(=O)N(CC(C)C)c3ccc(-c4ccc(C#N)cc4)cc3)c2)no1. The number of carbonyl (C=O) groups is 2. The van der Waals surface area contributed by atoms with Crippen molar-refractivity contribution in [3.8, 4) is 28.6 Å². The van der Waals surface area contributed by atoms with Gasteiger partial charge in [0.2, 0.25) is 11.7 Å². The number of aryl methyl sites for hydroxylation is 1. The molecule has 0 radical (unpaired) electrons.